The number of carbonyl (C=O) groups excluding carboxylic acids is 2. The quantitative estimate of drug-likeness (QED) is 0.701. The number of Topliss-reactive ketones (excluding diaryl/α,β-unsaturated/α-hetero) is 1. The Kier molecular flexibility index (Phi) is 3.20. The van der Waals surface area contributed by atoms with Crippen molar-refractivity contribution >= 4 is 11.6 Å². The second kappa shape index (κ2) is 7.08. The first-order valence-electron chi connectivity index (χ1n) is 14.9. The van der Waals surface area contributed by atoms with Crippen LogP contribution in [0.4, 0.5) is 0 Å². The van der Waals surface area contributed by atoms with Crippen molar-refractivity contribution in [2.24, 2.45) is 28.6 Å². The number of hydrogen-bond acceptors (Lipinski definition) is 6. The third-order valence-corrected chi connectivity index (χ3v) is 8.88. The molecule has 1 aliphatic heterocycles. The molecule has 31 heavy (non-hydrogen) atoms. The Bertz CT molecular complexity index is 1170. The molecule has 5 aliphatic rings. The number of hydrogen-bond donors (Lipinski definition) is 2. The van der Waals surface area contributed by atoms with E-state index >= 15 is 0 Å². The van der Waals surface area contributed by atoms with E-state index < -0.39 is 66.9 Å². The summed E-state index contributed by atoms with van der Waals surface area (Å²) in [4.78, 5) is 25.6. The van der Waals surface area contributed by atoms with Gasteiger partial charge < -0.3 is 19.7 Å². The summed E-state index contributed by atoms with van der Waals surface area (Å²) in [6, 6.07) is 0. The third-order valence-electron chi connectivity index (χ3n) is 8.88. The molecule has 1 saturated heterocycles. The fourth-order valence-corrected chi connectivity index (χ4v) is 7.69. The van der Waals surface area contributed by atoms with Gasteiger partial charge in [0.15, 0.2) is 23.4 Å². The number of fused-ring (bicyclic) bond motifs is 7. The van der Waals surface area contributed by atoms with E-state index in [-0.39, 0.29) is 36.4 Å². The van der Waals surface area contributed by atoms with Gasteiger partial charge in [-0.25, -0.2) is 0 Å². The Balaban J connectivity index is 1.58. The van der Waals surface area contributed by atoms with Gasteiger partial charge in [-0.05, 0) is 56.0 Å². The standard InChI is InChI=1S/C25H34O6/c1-4-5-21-30-20-11-17-16-7-6-14-10-15(27)8-9-23(14,2)22(16)18(28)12-24(17,3)25(20,31-21)19(29)13-26/h8-10,16-18,20-22,26,28H,4-7,11-13H2,1-3H3/t16-,17-,18-,20-,21?,22+,23-,24-,25+/m0/s1/i1D3,4D2,5D2,21D. The van der Waals surface area contributed by atoms with Crippen molar-refractivity contribution in [2.75, 3.05) is 6.61 Å². The predicted molar refractivity (Wildman–Crippen MR) is 113 cm³/mol. The largest absolute Gasteiger partial charge is 0.393 e. The number of allylic oxidation sites excluding steroid dienone is 4. The van der Waals surface area contributed by atoms with Gasteiger partial charge in [-0.3, -0.25) is 9.59 Å². The zero-order chi connectivity index (χ0) is 29.2. The van der Waals surface area contributed by atoms with Crippen LogP contribution in [0, 0.1) is 28.6 Å². The van der Waals surface area contributed by atoms with Gasteiger partial charge >= 0.3 is 0 Å². The van der Waals surface area contributed by atoms with Crippen LogP contribution >= 0.6 is 0 Å². The van der Waals surface area contributed by atoms with Crippen molar-refractivity contribution in [1.29, 1.82) is 0 Å². The van der Waals surface area contributed by atoms with Gasteiger partial charge in [0.1, 0.15) is 6.61 Å². The van der Waals surface area contributed by atoms with Crippen LogP contribution in [0.25, 0.3) is 0 Å². The monoisotopic (exact) mass is 438 g/mol. The summed E-state index contributed by atoms with van der Waals surface area (Å²) in [6.07, 6.45) is -6.48. The van der Waals surface area contributed by atoms with Crippen LogP contribution < -0.4 is 0 Å². The maximum Gasteiger partial charge on any atom is 0.193 e. The zero-order valence-electron chi connectivity index (χ0n) is 25.7. The minimum atomic E-state index is -3.59. The number of ketones is 2. The molecule has 1 unspecified atom stereocenters. The lowest BCUT2D eigenvalue weighted by Gasteiger charge is -2.59. The normalized spacial score (nSPS) is 57.9. The average Bonchev–Trinajstić information content (AvgIpc) is 3.26. The fourth-order valence-electron chi connectivity index (χ4n) is 7.69. The maximum absolute atomic E-state index is 13.5. The highest BCUT2D eigenvalue weighted by molar-refractivity contribution is 6.01. The average molecular weight is 439 g/mol. The molecular formula is C25H34O6. The van der Waals surface area contributed by atoms with Crippen LogP contribution in [0.5, 0.6) is 0 Å². The zero-order valence-corrected chi connectivity index (χ0v) is 17.7. The highest BCUT2D eigenvalue weighted by Gasteiger charge is 2.75. The second-order valence-electron chi connectivity index (χ2n) is 10.0. The van der Waals surface area contributed by atoms with E-state index in [2.05, 4.69) is 0 Å². The smallest absolute Gasteiger partial charge is 0.193 e. The molecule has 0 amide bonds. The third kappa shape index (κ3) is 2.65. The van der Waals surface area contributed by atoms with E-state index in [9.17, 15) is 19.8 Å². The van der Waals surface area contributed by atoms with Gasteiger partial charge in [0.05, 0.1) is 13.6 Å². The van der Waals surface area contributed by atoms with Crippen molar-refractivity contribution in [1.82, 2.24) is 0 Å². The molecule has 0 bridgehead atoms. The summed E-state index contributed by atoms with van der Waals surface area (Å²) in [5.41, 5.74) is -3.04. The van der Waals surface area contributed by atoms with Crippen molar-refractivity contribution in [3.05, 3.63) is 23.8 Å². The van der Waals surface area contributed by atoms with E-state index in [1.807, 2.05) is 13.0 Å². The van der Waals surface area contributed by atoms with Crippen LogP contribution in [-0.2, 0) is 19.1 Å². The summed E-state index contributed by atoms with van der Waals surface area (Å²) in [7, 11) is 0. The molecule has 0 spiro atoms. The first-order chi connectivity index (χ1) is 17.7. The Morgan fingerprint density at radius 1 is 1.45 bits per heavy atom. The molecule has 6 heteroatoms. The summed E-state index contributed by atoms with van der Waals surface area (Å²) >= 11 is 0. The molecule has 0 aromatic heterocycles. The van der Waals surface area contributed by atoms with Crippen LogP contribution in [0.1, 0.15) is 70.1 Å². The van der Waals surface area contributed by atoms with Gasteiger partial charge in [-0.2, -0.15) is 0 Å². The molecule has 3 saturated carbocycles. The molecule has 0 aromatic carbocycles. The highest BCUT2D eigenvalue weighted by atomic mass is 16.7. The van der Waals surface area contributed by atoms with Crippen molar-refractivity contribution < 1.29 is 40.2 Å². The van der Waals surface area contributed by atoms with E-state index in [0.717, 1.165) is 5.57 Å². The predicted octanol–water partition coefficient (Wildman–Crippen LogP) is 2.72. The Morgan fingerprint density at radius 2 is 2.26 bits per heavy atom. The summed E-state index contributed by atoms with van der Waals surface area (Å²) < 4.78 is 75.9. The van der Waals surface area contributed by atoms with Gasteiger partial charge in [0.2, 0.25) is 0 Å². The Labute approximate surface area is 194 Å². The summed E-state index contributed by atoms with van der Waals surface area (Å²) in [5.74, 6) is -1.82. The van der Waals surface area contributed by atoms with Crippen LogP contribution in [0.15, 0.2) is 23.8 Å². The molecule has 170 valence electrons. The number of aliphatic hydroxyl groups excluding tert-OH is 2. The molecule has 4 fully saturated rings. The van der Waals surface area contributed by atoms with Crippen LogP contribution in [0.2, 0.25) is 0 Å². The van der Waals surface area contributed by atoms with Crippen molar-refractivity contribution in [3.63, 3.8) is 0 Å². The topological polar surface area (TPSA) is 93.1 Å². The fraction of sp³-hybridized carbons (Fsp3) is 0.760. The number of aliphatic hydroxyl groups is 2. The van der Waals surface area contributed by atoms with Gasteiger partial charge in [0.25, 0.3) is 0 Å². The first-order valence-corrected chi connectivity index (χ1v) is 10.9. The van der Waals surface area contributed by atoms with E-state index in [1.54, 1.807) is 13.0 Å². The van der Waals surface area contributed by atoms with Crippen LogP contribution in [0.3, 0.4) is 0 Å². The molecule has 0 radical (unpaired) electrons. The van der Waals surface area contributed by atoms with Gasteiger partial charge in [-0.1, -0.05) is 38.7 Å². The SMILES string of the molecule is [2H]C([2H])([2H])C([2H])([2H])C([2H])([2H])C1([2H])O[C@H]2C[C@H]3[C@@H]4CCC5=CC(=O)C=C[C@]5(C)[C@H]4[C@@H](O)C[C@]3(C)[C@]2(C(=O)CO)O1. The minimum Gasteiger partial charge on any atom is -0.393 e. The Hall–Kier alpha value is -1.34. The number of ether oxygens (including phenoxy) is 2. The van der Waals surface area contributed by atoms with Crippen molar-refractivity contribution in [2.45, 2.75) is 83.2 Å². The first kappa shape index (κ1) is 14.0. The second-order valence-corrected chi connectivity index (χ2v) is 10.0. The van der Waals surface area contributed by atoms with Crippen LogP contribution in [-0.4, -0.2) is 52.5 Å². The Morgan fingerprint density at radius 3 is 3.00 bits per heavy atom. The van der Waals surface area contributed by atoms with E-state index in [1.165, 1.54) is 6.08 Å². The molecule has 6 nitrogen and oxygen atoms in total. The lowest BCUT2D eigenvalue weighted by atomic mass is 9.46. The lowest BCUT2D eigenvalue weighted by molar-refractivity contribution is -0.200. The highest BCUT2D eigenvalue weighted by Crippen LogP contribution is 2.69. The molecule has 4 aliphatic carbocycles. The molecule has 5 rings (SSSR count). The summed E-state index contributed by atoms with van der Waals surface area (Å²) in [5, 5.41) is 21.6. The molecular weight excluding hydrogens is 396 g/mol. The lowest BCUT2D eigenvalue weighted by Crippen LogP contribution is -2.63. The molecule has 9 atom stereocenters. The van der Waals surface area contributed by atoms with E-state index in [4.69, 9.17) is 20.4 Å². The number of rotatable bonds is 4. The minimum absolute atomic E-state index is 0.0274. The molecule has 1 heterocycles. The van der Waals surface area contributed by atoms with Gasteiger partial charge in [-0.15, -0.1) is 0 Å². The maximum atomic E-state index is 13.5. The molecule has 2 N–H and O–H groups in total. The van der Waals surface area contributed by atoms with Crippen molar-refractivity contribution in [3.8, 4) is 0 Å². The number of carbonyl (C=O) groups is 2. The van der Waals surface area contributed by atoms with E-state index in [0.29, 0.717) is 12.8 Å². The van der Waals surface area contributed by atoms with Gasteiger partial charge in [0, 0.05) is 26.3 Å². The summed E-state index contributed by atoms with van der Waals surface area (Å²) in [6.45, 7) is -0.863. The molecule has 0 aromatic rings.